The Balaban J connectivity index is 1.59. The van der Waals surface area contributed by atoms with E-state index in [0.29, 0.717) is 27.4 Å². The van der Waals surface area contributed by atoms with Crippen LogP contribution in [0.5, 0.6) is 11.5 Å². The number of phenols is 2. The second-order valence-electron chi connectivity index (χ2n) is 5.98. The molecule has 0 bridgehead atoms. The summed E-state index contributed by atoms with van der Waals surface area (Å²) >= 11 is 5.81. The highest BCUT2D eigenvalue weighted by Crippen LogP contribution is 2.20. The number of benzene rings is 3. The zero-order valence-electron chi connectivity index (χ0n) is 15.0. The van der Waals surface area contributed by atoms with Gasteiger partial charge in [-0.1, -0.05) is 11.6 Å². The van der Waals surface area contributed by atoms with E-state index >= 15 is 0 Å². The number of carbonyl (C=O) groups is 2. The van der Waals surface area contributed by atoms with Crippen molar-refractivity contribution in [2.24, 2.45) is 5.10 Å². The third-order valence-electron chi connectivity index (χ3n) is 3.90. The third-order valence-corrected chi connectivity index (χ3v) is 4.15. The molecular formula is C21H16ClN3O4. The molecule has 0 fully saturated rings. The summed E-state index contributed by atoms with van der Waals surface area (Å²) in [4.78, 5) is 24.3. The number of anilines is 1. The van der Waals surface area contributed by atoms with Crippen molar-refractivity contribution in [1.82, 2.24) is 5.43 Å². The number of nitrogens with zero attached hydrogens (tertiary/aromatic N) is 1. The Kier molecular flexibility index (Phi) is 6.11. The molecule has 146 valence electrons. The maximum Gasteiger partial charge on any atom is 0.271 e. The summed E-state index contributed by atoms with van der Waals surface area (Å²) < 4.78 is 0. The highest BCUT2D eigenvalue weighted by atomic mass is 35.5. The number of aromatic hydroxyl groups is 2. The van der Waals surface area contributed by atoms with Crippen LogP contribution in [0.3, 0.4) is 0 Å². The molecule has 0 aromatic heterocycles. The fourth-order valence-electron chi connectivity index (χ4n) is 2.38. The molecule has 0 aliphatic carbocycles. The molecule has 2 amide bonds. The van der Waals surface area contributed by atoms with E-state index in [0.717, 1.165) is 0 Å². The van der Waals surface area contributed by atoms with E-state index in [1.54, 1.807) is 48.5 Å². The minimum Gasteiger partial charge on any atom is -0.508 e. The number of halogens is 1. The molecule has 0 spiro atoms. The number of amides is 2. The average molecular weight is 410 g/mol. The van der Waals surface area contributed by atoms with Gasteiger partial charge in [0.05, 0.1) is 6.21 Å². The van der Waals surface area contributed by atoms with Crippen molar-refractivity contribution in [1.29, 1.82) is 0 Å². The highest BCUT2D eigenvalue weighted by molar-refractivity contribution is 6.30. The summed E-state index contributed by atoms with van der Waals surface area (Å²) in [6.07, 6.45) is 1.26. The number of nitrogens with one attached hydrogen (secondary N) is 2. The first kappa shape index (κ1) is 19.9. The molecule has 7 nitrogen and oxygen atoms in total. The molecule has 3 aromatic carbocycles. The summed E-state index contributed by atoms with van der Waals surface area (Å²) in [7, 11) is 0. The van der Waals surface area contributed by atoms with Crippen molar-refractivity contribution in [2.75, 3.05) is 5.32 Å². The predicted octanol–water partition coefficient (Wildman–Crippen LogP) is 3.77. The van der Waals surface area contributed by atoms with Crippen LogP contribution in [0.15, 0.2) is 71.8 Å². The van der Waals surface area contributed by atoms with E-state index in [1.165, 1.54) is 24.4 Å². The van der Waals surface area contributed by atoms with Crippen molar-refractivity contribution in [3.63, 3.8) is 0 Å². The summed E-state index contributed by atoms with van der Waals surface area (Å²) in [5.41, 5.74) is 4.00. The molecule has 4 N–H and O–H groups in total. The fraction of sp³-hybridized carbons (Fsp3) is 0. The van der Waals surface area contributed by atoms with E-state index in [2.05, 4.69) is 15.8 Å². The lowest BCUT2D eigenvalue weighted by atomic mass is 10.1. The number of hydrogen-bond acceptors (Lipinski definition) is 5. The SMILES string of the molecule is O=C(N/N=C\c1ccc(O)cc1O)c1ccc(NC(=O)c2ccc(Cl)cc2)cc1. The summed E-state index contributed by atoms with van der Waals surface area (Å²) in [6, 6.07) is 16.8. The molecule has 0 unspecified atom stereocenters. The van der Waals surface area contributed by atoms with Crippen LogP contribution in [0.4, 0.5) is 5.69 Å². The van der Waals surface area contributed by atoms with Crippen LogP contribution in [-0.4, -0.2) is 28.2 Å². The van der Waals surface area contributed by atoms with E-state index in [1.807, 2.05) is 0 Å². The molecule has 8 heteroatoms. The maximum absolute atomic E-state index is 12.2. The molecule has 0 saturated heterocycles. The van der Waals surface area contributed by atoms with Crippen molar-refractivity contribution in [2.45, 2.75) is 0 Å². The number of hydrazone groups is 1. The van der Waals surface area contributed by atoms with Gasteiger partial charge in [-0.2, -0.15) is 5.10 Å². The maximum atomic E-state index is 12.2. The van der Waals surface area contributed by atoms with Gasteiger partial charge < -0.3 is 15.5 Å². The minimum absolute atomic E-state index is 0.0769. The number of hydrogen-bond donors (Lipinski definition) is 4. The molecular weight excluding hydrogens is 394 g/mol. The summed E-state index contributed by atoms with van der Waals surface area (Å²) in [5, 5.41) is 26.0. The van der Waals surface area contributed by atoms with Crippen molar-refractivity contribution in [3.05, 3.63) is 88.4 Å². The van der Waals surface area contributed by atoms with Crippen molar-refractivity contribution in [3.8, 4) is 11.5 Å². The van der Waals surface area contributed by atoms with E-state index in [9.17, 15) is 19.8 Å². The van der Waals surface area contributed by atoms with Gasteiger partial charge in [0.25, 0.3) is 11.8 Å². The molecule has 0 saturated carbocycles. The standard InChI is InChI=1S/C21H16ClN3O4/c22-16-6-1-13(2-7-16)20(28)24-17-8-3-14(4-9-17)21(29)25-23-12-15-5-10-18(26)11-19(15)27/h1-12,26-27H,(H,24,28)(H,25,29)/b23-12-. The normalized spacial score (nSPS) is 10.7. The molecule has 3 aromatic rings. The number of carbonyl (C=O) groups excluding carboxylic acids is 2. The van der Waals surface area contributed by atoms with Crippen LogP contribution in [0, 0.1) is 0 Å². The molecule has 0 heterocycles. The smallest absolute Gasteiger partial charge is 0.271 e. The Bertz CT molecular complexity index is 1060. The largest absolute Gasteiger partial charge is 0.508 e. The van der Waals surface area contributed by atoms with Crippen LogP contribution in [0.2, 0.25) is 5.02 Å². The fourth-order valence-corrected chi connectivity index (χ4v) is 2.50. The van der Waals surface area contributed by atoms with Gasteiger partial charge in [-0.3, -0.25) is 9.59 Å². The zero-order valence-corrected chi connectivity index (χ0v) is 15.7. The summed E-state index contributed by atoms with van der Waals surface area (Å²) in [5.74, 6) is -0.997. The lowest BCUT2D eigenvalue weighted by molar-refractivity contribution is 0.0954. The van der Waals surface area contributed by atoms with E-state index in [-0.39, 0.29) is 17.4 Å². The first-order valence-electron chi connectivity index (χ1n) is 8.45. The molecule has 0 atom stereocenters. The molecule has 0 aliphatic heterocycles. The third kappa shape index (κ3) is 5.33. The van der Waals surface area contributed by atoms with Gasteiger partial charge >= 0.3 is 0 Å². The second-order valence-corrected chi connectivity index (χ2v) is 6.42. The van der Waals surface area contributed by atoms with Gasteiger partial charge in [-0.15, -0.1) is 0 Å². The topological polar surface area (TPSA) is 111 Å². The van der Waals surface area contributed by atoms with Crippen LogP contribution in [-0.2, 0) is 0 Å². The molecule has 0 radical (unpaired) electrons. The summed E-state index contributed by atoms with van der Waals surface area (Å²) in [6.45, 7) is 0. The number of phenolic OH excluding ortho intramolecular Hbond substituents is 2. The highest BCUT2D eigenvalue weighted by Gasteiger charge is 2.08. The van der Waals surface area contributed by atoms with E-state index < -0.39 is 5.91 Å². The lowest BCUT2D eigenvalue weighted by Crippen LogP contribution is -2.17. The van der Waals surface area contributed by atoms with Crippen molar-refractivity contribution < 1.29 is 19.8 Å². The Hall–Kier alpha value is -3.84. The first-order valence-corrected chi connectivity index (χ1v) is 8.82. The number of rotatable bonds is 5. The first-order chi connectivity index (χ1) is 13.9. The molecule has 3 rings (SSSR count). The van der Waals surface area contributed by atoms with Gasteiger partial charge in [0.2, 0.25) is 0 Å². The minimum atomic E-state index is -0.463. The van der Waals surface area contributed by atoms with Crippen LogP contribution in [0.1, 0.15) is 26.3 Å². The van der Waals surface area contributed by atoms with Gasteiger partial charge in [-0.25, -0.2) is 5.43 Å². The van der Waals surface area contributed by atoms with Crippen LogP contribution < -0.4 is 10.7 Å². The van der Waals surface area contributed by atoms with E-state index in [4.69, 9.17) is 11.6 Å². The second kappa shape index (κ2) is 8.90. The zero-order chi connectivity index (χ0) is 20.8. The van der Waals surface area contributed by atoms with Crippen LogP contribution in [0.25, 0.3) is 0 Å². The Morgan fingerprint density at radius 1 is 0.862 bits per heavy atom. The van der Waals surface area contributed by atoms with Crippen molar-refractivity contribution >= 4 is 35.3 Å². The Labute approximate surface area is 171 Å². The average Bonchev–Trinajstić information content (AvgIpc) is 2.70. The predicted molar refractivity (Wildman–Crippen MR) is 111 cm³/mol. The lowest BCUT2D eigenvalue weighted by Gasteiger charge is -2.06. The molecule has 29 heavy (non-hydrogen) atoms. The van der Waals surface area contributed by atoms with Gasteiger partial charge in [0, 0.05) is 33.5 Å². The van der Waals surface area contributed by atoms with Gasteiger partial charge in [0.1, 0.15) is 11.5 Å². The van der Waals surface area contributed by atoms with Crippen LogP contribution >= 0.6 is 11.6 Å². The van der Waals surface area contributed by atoms with Gasteiger partial charge in [0.15, 0.2) is 0 Å². The van der Waals surface area contributed by atoms with Gasteiger partial charge in [-0.05, 0) is 60.7 Å². The Morgan fingerprint density at radius 2 is 1.48 bits per heavy atom. The molecule has 0 aliphatic rings. The quantitative estimate of drug-likeness (QED) is 0.379. The monoisotopic (exact) mass is 409 g/mol. The Morgan fingerprint density at radius 3 is 2.14 bits per heavy atom.